The monoisotopic (exact) mass is 217 g/mol. The molecule has 0 amide bonds. The molecule has 0 saturated carbocycles. The molecule has 84 valence electrons. The first-order valence-electron chi connectivity index (χ1n) is 5.51. The largest absolute Gasteiger partial charge is 0.394 e. The predicted molar refractivity (Wildman–Crippen MR) is 61.1 cm³/mol. The average Bonchev–Trinajstić information content (AvgIpc) is 2.76. The highest BCUT2D eigenvalue weighted by Crippen LogP contribution is 2.27. The number of aliphatic hydroxyl groups is 1. The van der Waals surface area contributed by atoms with Crippen LogP contribution in [-0.4, -0.2) is 29.3 Å². The van der Waals surface area contributed by atoms with E-state index in [0.717, 1.165) is 30.8 Å². The summed E-state index contributed by atoms with van der Waals surface area (Å²) in [5.74, 6) is 0.721. The molecule has 1 aromatic heterocycles. The molecule has 1 fully saturated rings. The molecule has 1 N–H and O–H groups in total. The Morgan fingerprint density at radius 1 is 1.69 bits per heavy atom. The standard InChI is InChI=1S/C12H15N3O/c1-9-4-5-14-12(11(9)7-13)15-6-2-3-10(15)8-16/h4-5,10,16H,2-3,6,8H2,1H3. The molecule has 0 radical (unpaired) electrons. The van der Waals surface area contributed by atoms with Crippen LogP contribution in [0.25, 0.3) is 0 Å². The van der Waals surface area contributed by atoms with Crippen molar-refractivity contribution in [3.63, 3.8) is 0 Å². The quantitative estimate of drug-likeness (QED) is 0.809. The molecule has 2 rings (SSSR count). The van der Waals surface area contributed by atoms with Gasteiger partial charge < -0.3 is 10.0 Å². The minimum atomic E-state index is 0.112. The van der Waals surface area contributed by atoms with Gasteiger partial charge in [0.05, 0.1) is 18.2 Å². The zero-order valence-electron chi connectivity index (χ0n) is 9.35. The van der Waals surface area contributed by atoms with Gasteiger partial charge in [0, 0.05) is 12.7 Å². The summed E-state index contributed by atoms with van der Waals surface area (Å²) in [7, 11) is 0. The number of pyridine rings is 1. The molecule has 0 aromatic carbocycles. The van der Waals surface area contributed by atoms with Gasteiger partial charge in [-0.05, 0) is 31.4 Å². The van der Waals surface area contributed by atoms with Gasteiger partial charge in [-0.1, -0.05) is 0 Å². The Hall–Kier alpha value is -1.60. The average molecular weight is 217 g/mol. The second kappa shape index (κ2) is 4.50. The minimum Gasteiger partial charge on any atom is -0.394 e. The second-order valence-electron chi connectivity index (χ2n) is 4.11. The lowest BCUT2D eigenvalue weighted by Gasteiger charge is -2.25. The molecule has 1 aromatic rings. The Morgan fingerprint density at radius 2 is 2.50 bits per heavy atom. The Morgan fingerprint density at radius 3 is 3.19 bits per heavy atom. The number of hydrogen-bond donors (Lipinski definition) is 1. The summed E-state index contributed by atoms with van der Waals surface area (Å²) in [6, 6.07) is 4.15. The maximum absolute atomic E-state index is 9.28. The van der Waals surface area contributed by atoms with E-state index < -0.39 is 0 Å². The number of anilines is 1. The lowest BCUT2D eigenvalue weighted by molar-refractivity contribution is 0.266. The highest BCUT2D eigenvalue weighted by Gasteiger charge is 2.27. The number of nitrogens with zero attached hydrogens (tertiary/aromatic N) is 3. The van der Waals surface area contributed by atoms with Gasteiger partial charge in [0.2, 0.25) is 0 Å². The molecule has 16 heavy (non-hydrogen) atoms. The van der Waals surface area contributed by atoms with Gasteiger partial charge in [0.1, 0.15) is 11.9 Å². The maximum Gasteiger partial charge on any atom is 0.147 e. The first-order chi connectivity index (χ1) is 7.77. The van der Waals surface area contributed by atoms with E-state index in [2.05, 4.69) is 11.1 Å². The Labute approximate surface area is 95.1 Å². The van der Waals surface area contributed by atoms with E-state index in [1.165, 1.54) is 0 Å². The summed E-state index contributed by atoms with van der Waals surface area (Å²) in [5, 5.41) is 18.4. The van der Waals surface area contributed by atoms with Crippen LogP contribution >= 0.6 is 0 Å². The van der Waals surface area contributed by atoms with Crippen molar-refractivity contribution in [3.05, 3.63) is 23.4 Å². The number of aliphatic hydroxyl groups excluding tert-OH is 1. The van der Waals surface area contributed by atoms with Gasteiger partial charge >= 0.3 is 0 Å². The molecule has 0 aliphatic carbocycles. The third-order valence-electron chi connectivity index (χ3n) is 3.11. The summed E-state index contributed by atoms with van der Waals surface area (Å²) in [6.45, 7) is 2.91. The fraction of sp³-hybridized carbons (Fsp3) is 0.500. The van der Waals surface area contributed by atoms with E-state index >= 15 is 0 Å². The lowest BCUT2D eigenvalue weighted by atomic mass is 10.1. The zero-order valence-corrected chi connectivity index (χ0v) is 9.35. The highest BCUT2D eigenvalue weighted by atomic mass is 16.3. The fourth-order valence-electron chi connectivity index (χ4n) is 2.20. The van der Waals surface area contributed by atoms with Crippen LogP contribution in [0, 0.1) is 18.3 Å². The van der Waals surface area contributed by atoms with Crippen LogP contribution in [0.15, 0.2) is 12.3 Å². The van der Waals surface area contributed by atoms with Crippen molar-refractivity contribution in [1.29, 1.82) is 5.26 Å². The summed E-state index contributed by atoms with van der Waals surface area (Å²) in [5.41, 5.74) is 1.57. The molecular formula is C12H15N3O. The van der Waals surface area contributed by atoms with E-state index in [-0.39, 0.29) is 12.6 Å². The molecule has 2 heterocycles. The second-order valence-corrected chi connectivity index (χ2v) is 4.11. The van der Waals surface area contributed by atoms with Crippen LogP contribution in [0.5, 0.6) is 0 Å². The molecule has 0 spiro atoms. The van der Waals surface area contributed by atoms with Crippen LogP contribution in [0.1, 0.15) is 24.0 Å². The van der Waals surface area contributed by atoms with E-state index in [1.54, 1.807) is 6.20 Å². The Bertz CT molecular complexity index is 425. The summed E-state index contributed by atoms with van der Waals surface area (Å²) in [6.07, 6.45) is 3.74. The Kier molecular flexibility index (Phi) is 3.07. The molecule has 1 aliphatic rings. The molecule has 1 aliphatic heterocycles. The van der Waals surface area contributed by atoms with Crippen LogP contribution in [0.2, 0.25) is 0 Å². The number of nitriles is 1. The molecule has 4 nitrogen and oxygen atoms in total. The fourth-order valence-corrected chi connectivity index (χ4v) is 2.20. The summed E-state index contributed by atoms with van der Waals surface area (Å²) >= 11 is 0. The van der Waals surface area contributed by atoms with Crippen molar-refractivity contribution in [2.45, 2.75) is 25.8 Å². The van der Waals surface area contributed by atoms with Crippen molar-refractivity contribution < 1.29 is 5.11 Å². The third kappa shape index (κ3) is 1.74. The van der Waals surface area contributed by atoms with Crippen LogP contribution in [-0.2, 0) is 0 Å². The number of rotatable bonds is 2. The third-order valence-corrected chi connectivity index (χ3v) is 3.11. The number of aryl methyl sites for hydroxylation is 1. The SMILES string of the molecule is Cc1ccnc(N2CCCC2CO)c1C#N. The normalized spacial score (nSPS) is 19.8. The van der Waals surface area contributed by atoms with E-state index in [9.17, 15) is 5.11 Å². The minimum absolute atomic E-state index is 0.112. The van der Waals surface area contributed by atoms with Crippen LogP contribution in [0.4, 0.5) is 5.82 Å². The van der Waals surface area contributed by atoms with Gasteiger partial charge in [0.25, 0.3) is 0 Å². The van der Waals surface area contributed by atoms with Crippen LogP contribution in [0.3, 0.4) is 0 Å². The summed E-state index contributed by atoms with van der Waals surface area (Å²) in [4.78, 5) is 6.33. The lowest BCUT2D eigenvalue weighted by Crippen LogP contribution is -2.33. The highest BCUT2D eigenvalue weighted by molar-refractivity contribution is 5.58. The molecule has 1 atom stereocenters. The van der Waals surface area contributed by atoms with Crippen molar-refractivity contribution in [3.8, 4) is 6.07 Å². The van der Waals surface area contributed by atoms with Gasteiger partial charge in [-0.25, -0.2) is 4.98 Å². The topological polar surface area (TPSA) is 60.1 Å². The van der Waals surface area contributed by atoms with Crippen LogP contribution < -0.4 is 4.90 Å². The van der Waals surface area contributed by atoms with Crippen molar-refractivity contribution >= 4 is 5.82 Å². The zero-order chi connectivity index (χ0) is 11.5. The molecule has 4 heteroatoms. The van der Waals surface area contributed by atoms with E-state index in [0.29, 0.717) is 5.56 Å². The van der Waals surface area contributed by atoms with E-state index in [1.807, 2.05) is 17.9 Å². The maximum atomic E-state index is 9.28. The van der Waals surface area contributed by atoms with Crippen molar-refractivity contribution in [2.75, 3.05) is 18.1 Å². The first kappa shape index (κ1) is 10.9. The van der Waals surface area contributed by atoms with Crippen molar-refractivity contribution in [1.82, 2.24) is 4.98 Å². The molecule has 1 unspecified atom stereocenters. The van der Waals surface area contributed by atoms with Gasteiger partial charge in [0.15, 0.2) is 0 Å². The molecular weight excluding hydrogens is 202 g/mol. The van der Waals surface area contributed by atoms with E-state index in [4.69, 9.17) is 5.26 Å². The van der Waals surface area contributed by atoms with Gasteiger partial charge in [-0.3, -0.25) is 0 Å². The molecule has 1 saturated heterocycles. The summed E-state index contributed by atoms with van der Waals surface area (Å²) < 4.78 is 0. The molecule has 0 bridgehead atoms. The van der Waals surface area contributed by atoms with Gasteiger partial charge in [-0.2, -0.15) is 5.26 Å². The van der Waals surface area contributed by atoms with Crippen molar-refractivity contribution in [2.24, 2.45) is 0 Å². The number of aromatic nitrogens is 1. The Balaban J connectivity index is 2.40. The smallest absolute Gasteiger partial charge is 0.147 e. The first-order valence-corrected chi connectivity index (χ1v) is 5.51. The number of hydrogen-bond acceptors (Lipinski definition) is 4. The van der Waals surface area contributed by atoms with Gasteiger partial charge in [-0.15, -0.1) is 0 Å². The predicted octanol–water partition coefficient (Wildman–Crippen LogP) is 1.22.